The summed E-state index contributed by atoms with van der Waals surface area (Å²) in [7, 11) is 3.06. The Balaban J connectivity index is 1.97. The molecule has 0 radical (unpaired) electrons. The fraction of sp³-hybridized carbons (Fsp3) is 0.300. The van der Waals surface area contributed by atoms with Gasteiger partial charge in [0.05, 0.1) is 14.2 Å². The van der Waals surface area contributed by atoms with E-state index in [1.54, 1.807) is 17.0 Å². The Kier molecular flexibility index (Phi) is 7.31. The third-order valence-electron chi connectivity index (χ3n) is 4.12. The molecule has 0 aliphatic rings. The number of halogens is 2. The summed E-state index contributed by atoms with van der Waals surface area (Å²) in [5.41, 5.74) is 0.841. The van der Waals surface area contributed by atoms with Gasteiger partial charge in [-0.05, 0) is 35.9 Å². The van der Waals surface area contributed by atoms with E-state index in [1.807, 2.05) is 6.07 Å². The number of carbonyl (C=O) groups excluding carboxylic acids is 2. The van der Waals surface area contributed by atoms with E-state index in [9.17, 15) is 18.4 Å². The van der Waals surface area contributed by atoms with Crippen LogP contribution in [0.2, 0.25) is 0 Å². The lowest BCUT2D eigenvalue weighted by atomic mass is 10.2. The number of ether oxygens (including phenoxy) is 2. The summed E-state index contributed by atoms with van der Waals surface area (Å²) in [5.74, 6) is -1.69. The van der Waals surface area contributed by atoms with Gasteiger partial charge >= 0.3 is 0 Å². The van der Waals surface area contributed by atoms with E-state index in [0.29, 0.717) is 18.0 Å². The Morgan fingerprint density at radius 3 is 2.32 bits per heavy atom. The zero-order chi connectivity index (χ0) is 20.7. The predicted octanol–water partition coefficient (Wildman–Crippen LogP) is 2.76. The van der Waals surface area contributed by atoms with Crippen molar-refractivity contribution in [3.05, 3.63) is 59.2 Å². The van der Waals surface area contributed by atoms with Crippen LogP contribution in [0.15, 0.2) is 36.4 Å². The predicted molar refractivity (Wildman–Crippen MR) is 99.3 cm³/mol. The zero-order valence-corrected chi connectivity index (χ0v) is 15.9. The summed E-state index contributed by atoms with van der Waals surface area (Å²) in [5, 5.41) is 2.59. The molecule has 0 spiro atoms. The van der Waals surface area contributed by atoms with E-state index in [2.05, 4.69) is 5.32 Å². The van der Waals surface area contributed by atoms with E-state index in [0.717, 1.165) is 17.7 Å². The average molecular weight is 392 g/mol. The number of rotatable bonds is 8. The summed E-state index contributed by atoms with van der Waals surface area (Å²) in [6, 6.07) is 8.25. The van der Waals surface area contributed by atoms with Gasteiger partial charge < -0.3 is 19.7 Å². The van der Waals surface area contributed by atoms with Gasteiger partial charge in [-0.2, -0.15) is 0 Å². The molecule has 0 bridgehead atoms. The molecule has 0 saturated carbocycles. The van der Waals surface area contributed by atoms with Crippen molar-refractivity contribution in [1.29, 1.82) is 0 Å². The Bertz CT molecular complexity index is 858. The Morgan fingerprint density at radius 1 is 1.00 bits per heavy atom. The van der Waals surface area contributed by atoms with Crippen molar-refractivity contribution in [3.63, 3.8) is 0 Å². The first-order valence-electron chi connectivity index (χ1n) is 8.55. The molecule has 6 nitrogen and oxygen atoms in total. The van der Waals surface area contributed by atoms with Crippen LogP contribution in [-0.4, -0.2) is 44.0 Å². The minimum atomic E-state index is -1.09. The second kappa shape index (κ2) is 9.68. The molecule has 0 saturated heterocycles. The van der Waals surface area contributed by atoms with E-state index in [-0.39, 0.29) is 24.6 Å². The molecular formula is C20H22F2N2O4. The van der Waals surface area contributed by atoms with Gasteiger partial charge in [-0.15, -0.1) is 0 Å². The molecule has 0 fully saturated rings. The van der Waals surface area contributed by atoms with Crippen LogP contribution in [0, 0.1) is 11.6 Å². The summed E-state index contributed by atoms with van der Waals surface area (Å²) in [4.78, 5) is 25.5. The second-order valence-corrected chi connectivity index (χ2v) is 6.01. The SMILES string of the molecule is COc1ccc(CN(CCNC(=O)c2ccc(F)c(F)c2)C(C)=O)cc1OC. The lowest BCUT2D eigenvalue weighted by Gasteiger charge is -2.22. The minimum absolute atomic E-state index is 0.00756. The molecule has 0 heterocycles. The first kappa shape index (κ1) is 21.1. The zero-order valence-electron chi connectivity index (χ0n) is 15.9. The van der Waals surface area contributed by atoms with Crippen LogP contribution >= 0.6 is 0 Å². The topological polar surface area (TPSA) is 67.9 Å². The van der Waals surface area contributed by atoms with Crippen LogP contribution in [0.3, 0.4) is 0 Å². The van der Waals surface area contributed by atoms with Gasteiger partial charge in [0.25, 0.3) is 5.91 Å². The number of amides is 2. The summed E-state index contributed by atoms with van der Waals surface area (Å²) >= 11 is 0. The smallest absolute Gasteiger partial charge is 0.251 e. The molecule has 1 N–H and O–H groups in total. The van der Waals surface area contributed by atoms with Crippen LogP contribution in [0.4, 0.5) is 8.78 Å². The summed E-state index contributed by atoms with van der Waals surface area (Å²) in [6.07, 6.45) is 0. The lowest BCUT2D eigenvalue weighted by Crippen LogP contribution is -2.37. The van der Waals surface area contributed by atoms with Crippen molar-refractivity contribution >= 4 is 11.8 Å². The molecule has 2 aromatic carbocycles. The van der Waals surface area contributed by atoms with Gasteiger partial charge in [0.15, 0.2) is 23.1 Å². The maximum Gasteiger partial charge on any atom is 0.251 e. The number of methoxy groups -OCH3 is 2. The molecule has 0 aliphatic carbocycles. The van der Waals surface area contributed by atoms with Gasteiger partial charge in [0, 0.05) is 32.1 Å². The molecule has 2 aromatic rings. The van der Waals surface area contributed by atoms with E-state index in [4.69, 9.17) is 9.47 Å². The minimum Gasteiger partial charge on any atom is -0.493 e. The molecule has 2 rings (SSSR count). The van der Waals surface area contributed by atoms with Crippen molar-refractivity contribution in [1.82, 2.24) is 10.2 Å². The van der Waals surface area contributed by atoms with Gasteiger partial charge in [0.2, 0.25) is 5.91 Å². The van der Waals surface area contributed by atoms with Crippen molar-refractivity contribution in [2.24, 2.45) is 0 Å². The van der Waals surface area contributed by atoms with E-state index in [1.165, 1.54) is 27.2 Å². The molecule has 0 aliphatic heterocycles. The second-order valence-electron chi connectivity index (χ2n) is 6.01. The van der Waals surface area contributed by atoms with Crippen LogP contribution in [0.1, 0.15) is 22.8 Å². The van der Waals surface area contributed by atoms with Crippen LogP contribution in [-0.2, 0) is 11.3 Å². The van der Waals surface area contributed by atoms with Crippen LogP contribution < -0.4 is 14.8 Å². The number of carbonyl (C=O) groups is 2. The quantitative estimate of drug-likeness (QED) is 0.750. The maximum atomic E-state index is 13.2. The fourth-order valence-corrected chi connectivity index (χ4v) is 2.59. The molecule has 0 unspecified atom stereocenters. The Labute approximate surface area is 162 Å². The van der Waals surface area contributed by atoms with Crippen LogP contribution in [0.25, 0.3) is 0 Å². The molecule has 2 amide bonds. The first-order chi connectivity index (χ1) is 13.3. The number of hydrogen-bond acceptors (Lipinski definition) is 4. The normalized spacial score (nSPS) is 10.3. The average Bonchev–Trinajstić information content (AvgIpc) is 2.68. The molecule has 0 aromatic heterocycles. The molecule has 8 heteroatoms. The standard InChI is InChI=1S/C20H22F2N2O4/c1-13(25)24(12-14-4-7-18(27-2)19(10-14)28-3)9-8-23-20(26)15-5-6-16(21)17(22)11-15/h4-7,10-11H,8-9,12H2,1-3H3,(H,23,26). The molecule has 28 heavy (non-hydrogen) atoms. The highest BCUT2D eigenvalue weighted by Gasteiger charge is 2.14. The lowest BCUT2D eigenvalue weighted by molar-refractivity contribution is -0.129. The van der Waals surface area contributed by atoms with Crippen molar-refractivity contribution in [3.8, 4) is 11.5 Å². The Hall–Kier alpha value is -3.16. The number of benzene rings is 2. The Morgan fingerprint density at radius 2 is 1.71 bits per heavy atom. The monoisotopic (exact) mass is 392 g/mol. The first-order valence-corrected chi connectivity index (χ1v) is 8.55. The van der Waals surface area contributed by atoms with Gasteiger partial charge in [-0.25, -0.2) is 8.78 Å². The highest BCUT2D eigenvalue weighted by molar-refractivity contribution is 5.94. The highest BCUT2D eigenvalue weighted by Crippen LogP contribution is 2.28. The summed E-state index contributed by atoms with van der Waals surface area (Å²) < 4.78 is 36.6. The van der Waals surface area contributed by atoms with Gasteiger partial charge in [-0.1, -0.05) is 6.07 Å². The number of hydrogen-bond donors (Lipinski definition) is 1. The van der Waals surface area contributed by atoms with E-state index < -0.39 is 17.5 Å². The summed E-state index contributed by atoms with van der Waals surface area (Å²) in [6.45, 7) is 2.15. The van der Waals surface area contributed by atoms with E-state index >= 15 is 0 Å². The van der Waals surface area contributed by atoms with Crippen LogP contribution in [0.5, 0.6) is 11.5 Å². The third kappa shape index (κ3) is 5.42. The molecule has 0 atom stereocenters. The largest absolute Gasteiger partial charge is 0.493 e. The molecular weight excluding hydrogens is 370 g/mol. The maximum absolute atomic E-state index is 13.2. The number of nitrogens with one attached hydrogen (secondary N) is 1. The van der Waals surface area contributed by atoms with Gasteiger partial charge in [0.1, 0.15) is 0 Å². The van der Waals surface area contributed by atoms with Gasteiger partial charge in [-0.3, -0.25) is 9.59 Å². The fourth-order valence-electron chi connectivity index (χ4n) is 2.59. The number of nitrogens with zero attached hydrogens (tertiary/aromatic N) is 1. The van der Waals surface area contributed by atoms with Crippen molar-refractivity contribution in [2.45, 2.75) is 13.5 Å². The highest BCUT2D eigenvalue weighted by atomic mass is 19.2. The third-order valence-corrected chi connectivity index (χ3v) is 4.12. The van der Waals surface area contributed by atoms with Crippen molar-refractivity contribution < 1.29 is 27.8 Å². The molecule has 150 valence electrons. The van der Waals surface area contributed by atoms with Crippen molar-refractivity contribution in [2.75, 3.05) is 27.3 Å².